The Morgan fingerprint density at radius 1 is 1.36 bits per heavy atom. The lowest BCUT2D eigenvalue weighted by Gasteiger charge is -2.31. The molecular formula is C16H22N4O2. The zero-order valence-corrected chi connectivity index (χ0v) is 13.1. The molecule has 0 saturated heterocycles. The molecule has 1 amide bonds. The van der Waals surface area contributed by atoms with Crippen LogP contribution in [-0.2, 0) is 0 Å². The Hall–Kier alpha value is -1.95. The van der Waals surface area contributed by atoms with Gasteiger partial charge >= 0.3 is 0 Å². The molecule has 2 aromatic rings. The second kappa shape index (κ2) is 6.04. The highest BCUT2D eigenvalue weighted by molar-refractivity contribution is 5.94. The number of hydrogen-bond acceptors (Lipinski definition) is 4. The molecule has 1 aliphatic carbocycles. The van der Waals surface area contributed by atoms with Crippen LogP contribution < -0.4 is 0 Å². The summed E-state index contributed by atoms with van der Waals surface area (Å²) in [4.78, 5) is 14.3. The number of aromatic nitrogens is 3. The van der Waals surface area contributed by atoms with Crippen molar-refractivity contribution in [2.75, 3.05) is 13.6 Å². The molecule has 2 heterocycles. The molecule has 0 radical (unpaired) electrons. The third-order valence-corrected chi connectivity index (χ3v) is 4.54. The van der Waals surface area contributed by atoms with Gasteiger partial charge in [-0.1, -0.05) is 12.8 Å². The van der Waals surface area contributed by atoms with E-state index < -0.39 is 0 Å². The Balaban J connectivity index is 1.74. The van der Waals surface area contributed by atoms with Crippen LogP contribution in [0.1, 0.15) is 41.9 Å². The lowest BCUT2D eigenvalue weighted by molar-refractivity contribution is 0.0451. The van der Waals surface area contributed by atoms with Gasteiger partial charge in [-0.2, -0.15) is 0 Å². The highest BCUT2D eigenvalue weighted by Gasteiger charge is 2.26. The number of carbonyl (C=O) groups excluding carboxylic acids is 1. The largest absolute Gasteiger partial charge is 0.393 e. The van der Waals surface area contributed by atoms with Gasteiger partial charge in [0.05, 0.1) is 11.7 Å². The van der Waals surface area contributed by atoms with Crippen LogP contribution in [0.25, 0.3) is 5.65 Å². The number of nitrogens with zero attached hydrogens (tertiary/aromatic N) is 4. The molecule has 0 aliphatic heterocycles. The second-order valence-corrected chi connectivity index (χ2v) is 6.19. The van der Waals surface area contributed by atoms with E-state index >= 15 is 0 Å². The van der Waals surface area contributed by atoms with Crippen LogP contribution in [0.5, 0.6) is 0 Å². The van der Waals surface area contributed by atoms with Gasteiger partial charge in [0.15, 0.2) is 5.65 Å². The van der Waals surface area contributed by atoms with Gasteiger partial charge in [0.25, 0.3) is 5.91 Å². The first-order chi connectivity index (χ1) is 10.6. The number of aliphatic hydroxyl groups is 1. The fourth-order valence-corrected chi connectivity index (χ4v) is 3.19. The fraction of sp³-hybridized carbons (Fsp3) is 0.562. The minimum atomic E-state index is -0.286. The first-order valence-corrected chi connectivity index (χ1v) is 7.81. The molecular weight excluding hydrogens is 280 g/mol. The van der Waals surface area contributed by atoms with Crippen molar-refractivity contribution in [2.45, 2.75) is 38.7 Å². The van der Waals surface area contributed by atoms with Gasteiger partial charge in [0, 0.05) is 25.7 Å². The van der Waals surface area contributed by atoms with Crippen molar-refractivity contribution in [3.63, 3.8) is 0 Å². The normalized spacial score (nSPS) is 22.0. The molecule has 2 unspecified atom stereocenters. The molecule has 2 aromatic heterocycles. The molecule has 1 aliphatic rings. The van der Waals surface area contributed by atoms with Crippen molar-refractivity contribution in [1.29, 1.82) is 0 Å². The first kappa shape index (κ1) is 15.0. The van der Waals surface area contributed by atoms with Gasteiger partial charge in [0.2, 0.25) is 0 Å². The number of aliphatic hydroxyl groups excluding tert-OH is 1. The van der Waals surface area contributed by atoms with Crippen LogP contribution >= 0.6 is 0 Å². The van der Waals surface area contributed by atoms with E-state index in [-0.39, 0.29) is 17.9 Å². The monoisotopic (exact) mass is 302 g/mol. The van der Waals surface area contributed by atoms with Gasteiger partial charge in [-0.15, -0.1) is 10.2 Å². The summed E-state index contributed by atoms with van der Waals surface area (Å²) >= 11 is 0. The van der Waals surface area contributed by atoms with Crippen molar-refractivity contribution >= 4 is 11.6 Å². The molecule has 3 rings (SSSR count). The summed E-state index contributed by atoms with van der Waals surface area (Å²) in [5, 5.41) is 18.1. The number of amides is 1. The number of pyridine rings is 1. The van der Waals surface area contributed by atoms with E-state index in [9.17, 15) is 9.90 Å². The zero-order valence-electron chi connectivity index (χ0n) is 13.1. The lowest BCUT2D eigenvalue weighted by Crippen LogP contribution is -2.38. The van der Waals surface area contributed by atoms with E-state index in [1.165, 1.54) is 0 Å². The maximum Gasteiger partial charge on any atom is 0.255 e. The van der Waals surface area contributed by atoms with Crippen LogP contribution in [0.3, 0.4) is 0 Å². The maximum atomic E-state index is 12.6. The molecule has 6 heteroatoms. The number of rotatable bonds is 3. The highest BCUT2D eigenvalue weighted by Crippen LogP contribution is 2.25. The van der Waals surface area contributed by atoms with E-state index in [0.717, 1.165) is 37.2 Å². The molecule has 0 aromatic carbocycles. The van der Waals surface area contributed by atoms with Crippen LogP contribution in [0.15, 0.2) is 18.3 Å². The molecule has 6 nitrogen and oxygen atoms in total. The fourth-order valence-electron chi connectivity index (χ4n) is 3.19. The van der Waals surface area contributed by atoms with Crippen LogP contribution in [0, 0.1) is 12.8 Å². The van der Waals surface area contributed by atoms with E-state index in [4.69, 9.17) is 0 Å². The smallest absolute Gasteiger partial charge is 0.255 e. The summed E-state index contributed by atoms with van der Waals surface area (Å²) in [6, 6.07) is 3.58. The second-order valence-electron chi connectivity index (χ2n) is 6.19. The first-order valence-electron chi connectivity index (χ1n) is 7.81. The van der Waals surface area contributed by atoms with Gasteiger partial charge in [0.1, 0.15) is 5.82 Å². The average Bonchev–Trinajstić information content (AvgIpc) is 2.89. The predicted octanol–water partition coefficient (Wildman–Crippen LogP) is 1.66. The van der Waals surface area contributed by atoms with Gasteiger partial charge < -0.3 is 10.0 Å². The summed E-state index contributed by atoms with van der Waals surface area (Å²) in [6.45, 7) is 2.45. The Kier molecular flexibility index (Phi) is 4.11. The molecule has 2 atom stereocenters. The Labute approximate surface area is 129 Å². The Morgan fingerprint density at radius 2 is 2.14 bits per heavy atom. The van der Waals surface area contributed by atoms with E-state index in [0.29, 0.717) is 12.1 Å². The van der Waals surface area contributed by atoms with Gasteiger partial charge in [-0.05, 0) is 31.9 Å². The Bertz CT molecular complexity index is 682. The third kappa shape index (κ3) is 2.83. The summed E-state index contributed by atoms with van der Waals surface area (Å²) in [5.41, 5.74) is 1.35. The SMILES string of the molecule is Cc1nnc2ccc(C(=O)N(C)CC3CCCCC3O)cn12. The van der Waals surface area contributed by atoms with Crippen molar-refractivity contribution in [1.82, 2.24) is 19.5 Å². The van der Waals surface area contributed by atoms with Crippen LogP contribution in [0.4, 0.5) is 0 Å². The highest BCUT2D eigenvalue weighted by atomic mass is 16.3. The molecule has 0 bridgehead atoms. The quantitative estimate of drug-likeness (QED) is 0.936. The maximum absolute atomic E-state index is 12.6. The lowest BCUT2D eigenvalue weighted by atomic mass is 9.86. The van der Waals surface area contributed by atoms with Crippen molar-refractivity contribution in [3.05, 3.63) is 29.7 Å². The summed E-state index contributed by atoms with van der Waals surface area (Å²) in [6.07, 6.45) is 5.54. The van der Waals surface area contributed by atoms with Gasteiger partial charge in [-0.25, -0.2) is 0 Å². The van der Waals surface area contributed by atoms with Crippen LogP contribution in [0.2, 0.25) is 0 Å². The molecule has 118 valence electrons. The number of fused-ring (bicyclic) bond motifs is 1. The molecule has 22 heavy (non-hydrogen) atoms. The molecule has 1 N–H and O–H groups in total. The van der Waals surface area contributed by atoms with E-state index in [1.807, 2.05) is 11.3 Å². The summed E-state index contributed by atoms with van der Waals surface area (Å²) < 4.78 is 1.82. The van der Waals surface area contributed by atoms with E-state index in [2.05, 4.69) is 10.2 Å². The summed E-state index contributed by atoms with van der Waals surface area (Å²) in [5.74, 6) is 0.908. The van der Waals surface area contributed by atoms with Gasteiger partial charge in [-0.3, -0.25) is 9.20 Å². The van der Waals surface area contributed by atoms with Crippen molar-refractivity contribution in [3.8, 4) is 0 Å². The number of carbonyl (C=O) groups is 1. The topological polar surface area (TPSA) is 70.7 Å². The number of aryl methyl sites for hydroxylation is 1. The van der Waals surface area contributed by atoms with Crippen LogP contribution in [-0.4, -0.2) is 50.2 Å². The Morgan fingerprint density at radius 3 is 2.91 bits per heavy atom. The standard InChI is InChI=1S/C16H22N4O2/c1-11-17-18-15-8-7-13(10-20(11)15)16(22)19(2)9-12-5-3-4-6-14(12)21/h7-8,10,12,14,21H,3-6,9H2,1-2H3. The third-order valence-electron chi connectivity index (χ3n) is 4.54. The molecule has 1 fully saturated rings. The van der Waals surface area contributed by atoms with Crippen molar-refractivity contribution in [2.24, 2.45) is 5.92 Å². The molecule has 1 saturated carbocycles. The molecule has 0 spiro atoms. The predicted molar refractivity (Wildman–Crippen MR) is 82.6 cm³/mol. The van der Waals surface area contributed by atoms with E-state index in [1.54, 1.807) is 30.3 Å². The van der Waals surface area contributed by atoms with Crippen molar-refractivity contribution < 1.29 is 9.90 Å². The minimum absolute atomic E-state index is 0.0345. The zero-order chi connectivity index (χ0) is 15.7. The summed E-state index contributed by atoms with van der Waals surface area (Å²) in [7, 11) is 1.80. The average molecular weight is 302 g/mol. The number of hydrogen-bond donors (Lipinski definition) is 1. The minimum Gasteiger partial charge on any atom is -0.393 e.